The maximum Gasteiger partial charge on any atom is 0.227 e. The summed E-state index contributed by atoms with van der Waals surface area (Å²) >= 11 is 0. The van der Waals surface area contributed by atoms with E-state index in [9.17, 15) is 4.79 Å². The van der Waals surface area contributed by atoms with Crippen LogP contribution in [0.25, 0.3) is 0 Å². The molecule has 1 fully saturated rings. The molecule has 5 heteroatoms. The first-order chi connectivity index (χ1) is 10.1. The van der Waals surface area contributed by atoms with Crippen molar-refractivity contribution in [2.75, 3.05) is 47.4 Å². The molecule has 1 amide bonds. The summed E-state index contributed by atoms with van der Waals surface area (Å²) in [5.74, 6) is 1.69. The molecule has 0 aromatic heterocycles. The molecule has 1 aromatic carbocycles. The van der Waals surface area contributed by atoms with Gasteiger partial charge in [0.1, 0.15) is 11.5 Å². The summed E-state index contributed by atoms with van der Waals surface area (Å²) < 4.78 is 10.8. The van der Waals surface area contributed by atoms with E-state index in [1.807, 2.05) is 24.0 Å². The van der Waals surface area contributed by atoms with E-state index in [1.165, 1.54) is 0 Å². The highest BCUT2D eigenvalue weighted by Gasteiger charge is 2.21. The molecule has 0 unspecified atom stereocenters. The van der Waals surface area contributed by atoms with E-state index < -0.39 is 0 Å². The van der Waals surface area contributed by atoms with Crippen LogP contribution in [0.15, 0.2) is 12.1 Å². The number of carbonyl (C=O) groups excluding carboxylic acids is 1. The molecular weight excluding hydrogens is 268 g/mol. The zero-order chi connectivity index (χ0) is 15.4. The van der Waals surface area contributed by atoms with Crippen LogP contribution in [-0.4, -0.2) is 63.2 Å². The van der Waals surface area contributed by atoms with Gasteiger partial charge in [0.2, 0.25) is 5.91 Å². The summed E-state index contributed by atoms with van der Waals surface area (Å²) in [6, 6.07) is 3.81. The molecule has 116 valence electrons. The van der Waals surface area contributed by atoms with E-state index >= 15 is 0 Å². The summed E-state index contributed by atoms with van der Waals surface area (Å²) in [5, 5.41) is 0. The summed E-state index contributed by atoms with van der Waals surface area (Å²) in [5.41, 5.74) is 1.85. The van der Waals surface area contributed by atoms with Crippen LogP contribution in [0.1, 0.15) is 11.1 Å². The number of nitrogens with zero attached hydrogens (tertiary/aromatic N) is 2. The van der Waals surface area contributed by atoms with Crippen molar-refractivity contribution in [3.8, 4) is 11.5 Å². The SMILES string of the molecule is COc1ccc(CC(=O)N2CCN(C)CC2)c(OC)c1C. The molecule has 0 N–H and O–H groups in total. The Morgan fingerprint density at radius 3 is 2.38 bits per heavy atom. The normalized spacial score (nSPS) is 15.9. The zero-order valence-electron chi connectivity index (χ0n) is 13.3. The molecule has 0 saturated carbocycles. The number of amides is 1. The van der Waals surface area contributed by atoms with E-state index in [1.54, 1.807) is 14.2 Å². The van der Waals surface area contributed by atoms with Gasteiger partial charge in [-0.3, -0.25) is 4.79 Å². The molecular formula is C16H24N2O3. The second kappa shape index (κ2) is 6.80. The van der Waals surface area contributed by atoms with Crippen molar-refractivity contribution in [1.29, 1.82) is 0 Å². The average Bonchev–Trinajstić information content (AvgIpc) is 2.48. The van der Waals surface area contributed by atoms with Crippen LogP contribution < -0.4 is 9.47 Å². The molecule has 0 atom stereocenters. The van der Waals surface area contributed by atoms with Gasteiger partial charge in [-0.2, -0.15) is 0 Å². The van der Waals surface area contributed by atoms with Gasteiger partial charge in [0.05, 0.1) is 20.6 Å². The lowest BCUT2D eigenvalue weighted by atomic mass is 10.0. The number of piperazine rings is 1. The number of benzene rings is 1. The molecule has 1 saturated heterocycles. The number of methoxy groups -OCH3 is 2. The fourth-order valence-electron chi connectivity index (χ4n) is 2.70. The quantitative estimate of drug-likeness (QED) is 0.839. The van der Waals surface area contributed by atoms with E-state index in [0.29, 0.717) is 6.42 Å². The van der Waals surface area contributed by atoms with Crippen LogP contribution in [0.3, 0.4) is 0 Å². The topological polar surface area (TPSA) is 42.0 Å². The van der Waals surface area contributed by atoms with Gasteiger partial charge in [-0.15, -0.1) is 0 Å². The van der Waals surface area contributed by atoms with Crippen molar-refractivity contribution in [1.82, 2.24) is 9.80 Å². The Bertz CT molecular complexity index is 508. The molecule has 1 heterocycles. The van der Waals surface area contributed by atoms with Crippen molar-refractivity contribution >= 4 is 5.91 Å². The molecule has 1 aliphatic heterocycles. The first-order valence-corrected chi connectivity index (χ1v) is 7.23. The lowest BCUT2D eigenvalue weighted by Crippen LogP contribution is -2.47. The summed E-state index contributed by atoms with van der Waals surface area (Å²) in [6.07, 6.45) is 0.373. The Morgan fingerprint density at radius 2 is 1.81 bits per heavy atom. The average molecular weight is 292 g/mol. The van der Waals surface area contributed by atoms with Crippen molar-refractivity contribution in [2.45, 2.75) is 13.3 Å². The Labute approximate surface area is 126 Å². The standard InChI is InChI=1S/C16H24N2O3/c1-12-14(20-3)6-5-13(16(12)21-4)11-15(19)18-9-7-17(2)8-10-18/h5-6H,7-11H2,1-4H3. The van der Waals surface area contributed by atoms with Gasteiger partial charge in [0.15, 0.2) is 0 Å². The van der Waals surface area contributed by atoms with E-state index in [4.69, 9.17) is 9.47 Å². The van der Waals surface area contributed by atoms with Gasteiger partial charge in [-0.1, -0.05) is 6.07 Å². The van der Waals surface area contributed by atoms with Crippen molar-refractivity contribution < 1.29 is 14.3 Å². The lowest BCUT2D eigenvalue weighted by Gasteiger charge is -2.32. The van der Waals surface area contributed by atoms with Gasteiger partial charge in [-0.05, 0) is 20.0 Å². The van der Waals surface area contributed by atoms with Crippen molar-refractivity contribution in [2.24, 2.45) is 0 Å². The highest BCUT2D eigenvalue weighted by molar-refractivity contribution is 5.80. The van der Waals surface area contributed by atoms with Crippen LogP contribution in [0, 0.1) is 6.92 Å². The monoisotopic (exact) mass is 292 g/mol. The summed E-state index contributed by atoms with van der Waals surface area (Å²) in [6.45, 7) is 5.41. The fourth-order valence-corrected chi connectivity index (χ4v) is 2.70. The Morgan fingerprint density at radius 1 is 1.14 bits per heavy atom. The van der Waals surface area contributed by atoms with Crippen LogP contribution in [0.4, 0.5) is 0 Å². The second-order valence-corrected chi connectivity index (χ2v) is 5.45. The van der Waals surface area contributed by atoms with Crippen LogP contribution in [0.2, 0.25) is 0 Å². The molecule has 0 bridgehead atoms. The number of carbonyl (C=O) groups is 1. The molecule has 1 aromatic rings. The molecule has 1 aliphatic rings. The smallest absolute Gasteiger partial charge is 0.227 e. The van der Waals surface area contributed by atoms with Gasteiger partial charge in [0, 0.05) is 37.3 Å². The minimum atomic E-state index is 0.158. The van der Waals surface area contributed by atoms with Crippen LogP contribution in [-0.2, 0) is 11.2 Å². The molecule has 2 rings (SSSR count). The Hall–Kier alpha value is -1.75. The largest absolute Gasteiger partial charge is 0.496 e. The van der Waals surface area contributed by atoms with Crippen LogP contribution in [0.5, 0.6) is 11.5 Å². The van der Waals surface area contributed by atoms with Gasteiger partial charge in [-0.25, -0.2) is 0 Å². The third kappa shape index (κ3) is 3.47. The number of hydrogen-bond acceptors (Lipinski definition) is 4. The van der Waals surface area contributed by atoms with Gasteiger partial charge >= 0.3 is 0 Å². The molecule has 0 spiro atoms. The Kier molecular flexibility index (Phi) is 5.07. The van der Waals surface area contributed by atoms with Crippen molar-refractivity contribution in [3.63, 3.8) is 0 Å². The Balaban J connectivity index is 2.12. The van der Waals surface area contributed by atoms with Crippen LogP contribution >= 0.6 is 0 Å². The maximum absolute atomic E-state index is 12.4. The number of ether oxygens (including phenoxy) is 2. The number of rotatable bonds is 4. The summed E-state index contributed by atoms with van der Waals surface area (Å²) in [7, 11) is 5.35. The second-order valence-electron chi connectivity index (χ2n) is 5.45. The van der Waals surface area contributed by atoms with E-state index in [0.717, 1.165) is 48.8 Å². The van der Waals surface area contributed by atoms with E-state index in [-0.39, 0.29) is 5.91 Å². The lowest BCUT2D eigenvalue weighted by molar-refractivity contribution is -0.132. The van der Waals surface area contributed by atoms with Crippen molar-refractivity contribution in [3.05, 3.63) is 23.3 Å². The van der Waals surface area contributed by atoms with E-state index in [2.05, 4.69) is 11.9 Å². The molecule has 21 heavy (non-hydrogen) atoms. The third-order valence-corrected chi connectivity index (χ3v) is 4.06. The minimum absolute atomic E-state index is 0.158. The highest BCUT2D eigenvalue weighted by atomic mass is 16.5. The molecule has 5 nitrogen and oxygen atoms in total. The number of hydrogen-bond donors (Lipinski definition) is 0. The molecule has 0 aliphatic carbocycles. The first-order valence-electron chi connectivity index (χ1n) is 7.23. The summed E-state index contributed by atoms with van der Waals surface area (Å²) in [4.78, 5) is 16.6. The zero-order valence-corrected chi connectivity index (χ0v) is 13.3. The minimum Gasteiger partial charge on any atom is -0.496 e. The van der Waals surface area contributed by atoms with Gasteiger partial charge in [0.25, 0.3) is 0 Å². The predicted octanol–water partition coefficient (Wildman–Crippen LogP) is 1.33. The maximum atomic E-state index is 12.4. The number of likely N-dealkylation sites (N-methyl/N-ethyl adjacent to an activating group) is 1. The third-order valence-electron chi connectivity index (χ3n) is 4.06. The molecule has 0 radical (unpaired) electrons. The highest BCUT2D eigenvalue weighted by Crippen LogP contribution is 2.31. The fraction of sp³-hybridized carbons (Fsp3) is 0.562. The predicted molar refractivity (Wildman–Crippen MR) is 82.1 cm³/mol. The first kappa shape index (κ1) is 15.6. The van der Waals surface area contributed by atoms with Gasteiger partial charge < -0.3 is 19.3 Å².